The molecule has 0 bridgehead atoms. The number of nitrogens with zero attached hydrogens (tertiary/aromatic N) is 3. The lowest BCUT2D eigenvalue weighted by Gasteiger charge is -2.11. The molecule has 1 heterocycles. The summed E-state index contributed by atoms with van der Waals surface area (Å²) in [7, 11) is 0. The Kier molecular flexibility index (Phi) is 8.36. The van der Waals surface area contributed by atoms with E-state index in [-0.39, 0.29) is 24.9 Å². The van der Waals surface area contributed by atoms with Crippen LogP contribution in [0.15, 0.2) is 84.0 Å². The number of ether oxygens (including phenoxy) is 2. The Labute approximate surface area is 213 Å². The van der Waals surface area contributed by atoms with Gasteiger partial charge < -0.3 is 14.8 Å². The van der Waals surface area contributed by atoms with Crippen LogP contribution in [0.25, 0.3) is 5.69 Å². The van der Waals surface area contributed by atoms with Crippen molar-refractivity contribution in [2.45, 2.75) is 25.6 Å². The van der Waals surface area contributed by atoms with Gasteiger partial charge in [-0.05, 0) is 56.3 Å². The van der Waals surface area contributed by atoms with Crippen LogP contribution in [0.5, 0.6) is 5.75 Å². The number of esters is 1. The van der Waals surface area contributed by atoms with Gasteiger partial charge in [0, 0.05) is 11.4 Å². The SMILES string of the molecule is CCOC(=O)c1cccc(NC(=O)CSc2nnc(COc3ccc(C)cc3)n2-c2ccccc2)c1. The lowest BCUT2D eigenvalue weighted by molar-refractivity contribution is -0.113. The summed E-state index contributed by atoms with van der Waals surface area (Å²) in [4.78, 5) is 24.6. The first-order valence-corrected chi connectivity index (χ1v) is 12.4. The van der Waals surface area contributed by atoms with Gasteiger partial charge in [0.25, 0.3) is 0 Å². The molecule has 0 aliphatic rings. The maximum absolute atomic E-state index is 12.7. The van der Waals surface area contributed by atoms with Gasteiger partial charge in [0.2, 0.25) is 5.91 Å². The number of anilines is 1. The molecule has 0 atom stereocenters. The Morgan fingerprint density at radius 1 is 0.972 bits per heavy atom. The summed E-state index contributed by atoms with van der Waals surface area (Å²) in [6.07, 6.45) is 0. The fraction of sp³-hybridized carbons (Fsp3) is 0.185. The molecule has 1 N–H and O–H groups in total. The summed E-state index contributed by atoms with van der Waals surface area (Å²) in [6.45, 7) is 4.27. The smallest absolute Gasteiger partial charge is 0.338 e. The average molecular weight is 503 g/mol. The van der Waals surface area contributed by atoms with E-state index in [1.807, 2.05) is 66.1 Å². The third kappa shape index (κ3) is 6.51. The molecular formula is C27H26N4O4S. The predicted octanol–water partition coefficient (Wildman–Crippen LogP) is 5.06. The van der Waals surface area contributed by atoms with Crippen molar-refractivity contribution in [1.29, 1.82) is 0 Å². The van der Waals surface area contributed by atoms with Crippen LogP contribution in [0.2, 0.25) is 0 Å². The zero-order valence-electron chi connectivity index (χ0n) is 20.0. The van der Waals surface area contributed by atoms with Gasteiger partial charge in [-0.15, -0.1) is 10.2 Å². The molecule has 1 amide bonds. The average Bonchev–Trinajstić information content (AvgIpc) is 3.31. The highest BCUT2D eigenvalue weighted by Gasteiger charge is 2.17. The van der Waals surface area contributed by atoms with Gasteiger partial charge in [-0.3, -0.25) is 9.36 Å². The maximum atomic E-state index is 12.7. The number of amides is 1. The van der Waals surface area contributed by atoms with Crippen LogP contribution >= 0.6 is 11.8 Å². The number of aryl methyl sites for hydroxylation is 1. The summed E-state index contributed by atoms with van der Waals surface area (Å²) in [5, 5.41) is 12.0. The molecule has 0 saturated heterocycles. The van der Waals surface area contributed by atoms with E-state index >= 15 is 0 Å². The second kappa shape index (κ2) is 12.0. The first-order chi connectivity index (χ1) is 17.5. The molecule has 0 spiro atoms. The summed E-state index contributed by atoms with van der Waals surface area (Å²) in [5.74, 6) is 0.794. The maximum Gasteiger partial charge on any atom is 0.338 e. The Morgan fingerprint density at radius 3 is 2.50 bits per heavy atom. The molecule has 3 aromatic carbocycles. The fourth-order valence-corrected chi connectivity index (χ4v) is 4.14. The molecule has 4 rings (SSSR count). The molecule has 0 saturated carbocycles. The quantitative estimate of drug-likeness (QED) is 0.239. The standard InChI is InChI=1S/C27H26N4O4S/c1-3-34-26(33)20-8-7-9-21(16-20)28-25(32)18-36-27-30-29-24(31(27)22-10-5-4-6-11-22)17-35-23-14-12-19(2)13-15-23/h4-16H,3,17-18H2,1-2H3,(H,28,32). The van der Waals surface area contributed by atoms with Crippen molar-refractivity contribution < 1.29 is 19.1 Å². The van der Waals surface area contributed by atoms with Crippen molar-refractivity contribution in [2.24, 2.45) is 0 Å². The Bertz CT molecular complexity index is 1320. The largest absolute Gasteiger partial charge is 0.486 e. The molecule has 0 fully saturated rings. The number of thioether (sulfide) groups is 1. The van der Waals surface area contributed by atoms with Gasteiger partial charge in [-0.25, -0.2) is 4.79 Å². The van der Waals surface area contributed by atoms with Gasteiger partial charge >= 0.3 is 5.97 Å². The second-order valence-corrected chi connectivity index (χ2v) is 8.75. The second-order valence-electron chi connectivity index (χ2n) is 7.81. The van der Waals surface area contributed by atoms with E-state index in [0.29, 0.717) is 22.2 Å². The van der Waals surface area contributed by atoms with Gasteiger partial charge in [-0.1, -0.05) is 53.7 Å². The number of benzene rings is 3. The minimum Gasteiger partial charge on any atom is -0.486 e. The number of hydrogen-bond donors (Lipinski definition) is 1. The number of nitrogens with one attached hydrogen (secondary N) is 1. The van der Waals surface area contributed by atoms with Crippen LogP contribution in [0.1, 0.15) is 28.7 Å². The minimum absolute atomic E-state index is 0.105. The van der Waals surface area contributed by atoms with Crippen molar-refractivity contribution in [1.82, 2.24) is 14.8 Å². The molecule has 0 radical (unpaired) electrons. The number of aromatic nitrogens is 3. The van der Waals surface area contributed by atoms with E-state index in [0.717, 1.165) is 17.0 Å². The van der Waals surface area contributed by atoms with Crippen molar-refractivity contribution in [2.75, 3.05) is 17.7 Å². The van der Waals surface area contributed by atoms with Crippen molar-refractivity contribution in [3.63, 3.8) is 0 Å². The van der Waals surface area contributed by atoms with Gasteiger partial charge in [-0.2, -0.15) is 0 Å². The highest BCUT2D eigenvalue weighted by Crippen LogP contribution is 2.24. The van der Waals surface area contributed by atoms with Gasteiger partial charge in [0.05, 0.1) is 17.9 Å². The van der Waals surface area contributed by atoms with E-state index in [4.69, 9.17) is 9.47 Å². The zero-order chi connectivity index (χ0) is 25.3. The molecule has 8 nitrogen and oxygen atoms in total. The number of carbonyl (C=O) groups excluding carboxylic acids is 2. The first kappa shape index (κ1) is 25.0. The van der Waals surface area contributed by atoms with E-state index in [1.165, 1.54) is 11.8 Å². The van der Waals surface area contributed by atoms with Gasteiger partial charge in [0.15, 0.2) is 11.0 Å². The monoisotopic (exact) mass is 502 g/mol. The molecule has 1 aromatic heterocycles. The normalized spacial score (nSPS) is 10.6. The van der Waals surface area contributed by atoms with Gasteiger partial charge in [0.1, 0.15) is 12.4 Å². The van der Waals surface area contributed by atoms with Crippen LogP contribution in [-0.2, 0) is 16.1 Å². The lowest BCUT2D eigenvalue weighted by atomic mass is 10.2. The van der Waals surface area contributed by atoms with Crippen molar-refractivity contribution in [3.05, 3.63) is 95.8 Å². The van der Waals surface area contributed by atoms with Crippen molar-refractivity contribution in [3.8, 4) is 11.4 Å². The predicted molar refractivity (Wildman–Crippen MR) is 139 cm³/mol. The van der Waals surface area contributed by atoms with E-state index in [1.54, 1.807) is 31.2 Å². The molecule has 4 aromatic rings. The molecule has 9 heteroatoms. The molecule has 36 heavy (non-hydrogen) atoms. The summed E-state index contributed by atoms with van der Waals surface area (Å²) < 4.78 is 12.8. The number of carbonyl (C=O) groups is 2. The highest BCUT2D eigenvalue weighted by atomic mass is 32.2. The minimum atomic E-state index is -0.431. The van der Waals surface area contributed by atoms with Crippen LogP contribution in [0.4, 0.5) is 5.69 Å². The van der Waals surface area contributed by atoms with Crippen LogP contribution in [0.3, 0.4) is 0 Å². The van der Waals surface area contributed by atoms with Crippen LogP contribution in [-0.4, -0.2) is 39.0 Å². The highest BCUT2D eigenvalue weighted by molar-refractivity contribution is 7.99. The third-order valence-corrected chi connectivity index (χ3v) is 6.02. The molecular weight excluding hydrogens is 476 g/mol. The summed E-state index contributed by atoms with van der Waals surface area (Å²) in [5.41, 5.74) is 2.92. The van der Waals surface area contributed by atoms with Crippen LogP contribution < -0.4 is 10.1 Å². The van der Waals surface area contributed by atoms with Crippen LogP contribution in [0, 0.1) is 6.92 Å². The Morgan fingerprint density at radius 2 is 1.75 bits per heavy atom. The Balaban J connectivity index is 1.45. The fourth-order valence-electron chi connectivity index (χ4n) is 3.37. The topological polar surface area (TPSA) is 95.3 Å². The lowest BCUT2D eigenvalue weighted by Crippen LogP contribution is -2.15. The van der Waals surface area contributed by atoms with Crippen molar-refractivity contribution >= 4 is 29.3 Å². The molecule has 184 valence electrons. The number of hydrogen-bond acceptors (Lipinski definition) is 7. The first-order valence-electron chi connectivity index (χ1n) is 11.4. The molecule has 0 aliphatic carbocycles. The van der Waals surface area contributed by atoms with E-state index in [9.17, 15) is 9.59 Å². The summed E-state index contributed by atoms with van der Waals surface area (Å²) in [6, 6.07) is 24.1. The van der Waals surface area contributed by atoms with E-state index < -0.39 is 5.97 Å². The number of para-hydroxylation sites is 1. The summed E-state index contributed by atoms with van der Waals surface area (Å²) >= 11 is 1.26. The zero-order valence-corrected chi connectivity index (χ0v) is 20.8. The third-order valence-electron chi connectivity index (χ3n) is 5.09. The number of rotatable bonds is 10. The molecule has 0 aliphatic heterocycles. The Hall–Kier alpha value is -4.11. The molecule has 0 unspecified atom stereocenters. The van der Waals surface area contributed by atoms with E-state index in [2.05, 4.69) is 15.5 Å².